The summed E-state index contributed by atoms with van der Waals surface area (Å²) in [5.41, 5.74) is 6.09. The van der Waals surface area contributed by atoms with Crippen molar-refractivity contribution in [3.05, 3.63) is 17.3 Å². The molecule has 0 radical (unpaired) electrons. The van der Waals surface area contributed by atoms with Gasteiger partial charge in [-0.15, -0.1) is 0 Å². The Morgan fingerprint density at radius 1 is 1.62 bits per heavy atom. The number of nitrogen functional groups attached to an aromatic ring is 1. The number of pyridine rings is 1. The van der Waals surface area contributed by atoms with Gasteiger partial charge >= 0.3 is 0 Å². The number of nitrogens with one attached hydrogen (secondary N) is 1. The predicted molar refractivity (Wildman–Crippen MR) is 52.4 cm³/mol. The maximum atomic E-state index is 8.29. The highest BCUT2D eigenvalue weighted by Crippen LogP contribution is 2.15. The number of halogens is 1. The summed E-state index contributed by atoms with van der Waals surface area (Å²) in [6.07, 6.45) is 0.425. The molecule has 1 aromatic heterocycles. The Hall–Kier alpha value is -1.47. The van der Waals surface area contributed by atoms with E-state index in [-0.39, 0.29) is 0 Å². The van der Waals surface area contributed by atoms with Gasteiger partial charge in [0, 0.05) is 18.3 Å². The average Bonchev–Trinajstić information content (AvgIpc) is 2.03. The molecule has 68 valence electrons. The van der Waals surface area contributed by atoms with Crippen LogP contribution in [0.1, 0.15) is 6.42 Å². The van der Waals surface area contributed by atoms with Gasteiger partial charge in [0.2, 0.25) is 0 Å². The molecule has 0 aromatic carbocycles. The van der Waals surface area contributed by atoms with Crippen LogP contribution >= 0.6 is 11.6 Å². The lowest BCUT2D eigenvalue weighted by Crippen LogP contribution is -2.03. The Kier molecular flexibility index (Phi) is 3.35. The summed E-state index contributed by atoms with van der Waals surface area (Å²) in [6.45, 7) is 0.545. The predicted octanol–water partition coefficient (Wildman–Crippen LogP) is 1.64. The lowest BCUT2D eigenvalue weighted by atomic mass is 10.4. The fourth-order valence-corrected chi connectivity index (χ4v) is 1.07. The number of rotatable bonds is 3. The molecule has 1 aromatic rings. The van der Waals surface area contributed by atoms with E-state index >= 15 is 0 Å². The zero-order chi connectivity index (χ0) is 9.68. The summed E-state index contributed by atoms with van der Waals surface area (Å²) >= 11 is 5.67. The zero-order valence-electron chi connectivity index (χ0n) is 6.92. The van der Waals surface area contributed by atoms with Crippen LogP contribution in [0.3, 0.4) is 0 Å². The number of hydrogen-bond acceptors (Lipinski definition) is 4. The summed E-state index contributed by atoms with van der Waals surface area (Å²) in [5.74, 6) is 0.597. The molecule has 0 unspecified atom stereocenters. The van der Waals surface area contributed by atoms with Gasteiger partial charge in [-0.2, -0.15) is 5.26 Å². The number of nitriles is 1. The van der Waals surface area contributed by atoms with E-state index in [2.05, 4.69) is 10.3 Å². The van der Waals surface area contributed by atoms with Crippen LogP contribution in [-0.4, -0.2) is 11.5 Å². The van der Waals surface area contributed by atoms with E-state index in [4.69, 9.17) is 22.6 Å². The van der Waals surface area contributed by atoms with Crippen molar-refractivity contribution in [2.75, 3.05) is 17.6 Å². The molecule has 0 fully saturated rings. The lowest BCUT2D eigenvalue weighted by Gasteiger charge is -2.03. The minimum atomic E-state index is 0.347. The first-order valence-electron chi connectivity index (χ1n) is 3.76. The van der Waals surface area contributed by atoms with Crippen LogP contribution < -0.4 is 11.1 Å². The molecule has 0 bridgehead atoms. The molecule has 0 aliphatic carbocycles. The van der Waals surface area contributed by atoms with Crippen LogP contribution in [0.5, 0.6) is 0 Å². The van der Waals surface area contributed by atoms with Crippen LogP contribution in [0, 0.1) is 11.3 Å². The number of nitrogens with two attached hydrogens (primary N) is 1. The van der Waals surface area contributed by atoms with Gasteiger partial charge in [-0.25, -0.2) is 4.98 Å². The Labute approximate surface area is 81.3 Å². The standard InChI is InChI=1S/C8H9ClN4/c9-7-4-6(11)5-8(13-7)12-3-1-2-10/h4-5H,1,3H2,(H3,11,12,13). The van der Waals surface area contributed by atoms with E-state index in [0.717, 1.165) is 0 Å². The third-order valence-corrected chi connectivity index (χ3v) is 1.55. The first-order chi connectivity index (χ1) is 6.22. The Bertz CT molecular complexity index is 311. The second-order valence-electron chi connectivity index (χ2n) is 2.44. The zero-order valence-corrected chi connectivity index (χ0v) is 7.67. The number of nitrogens with zero attached hydrogens (tertiary/aromatic N) is 2. The monoisotopic (exact) mass is 196 g/mol. The van der Waals surface area contributed by atoms with Crippen molar-refractivity contribution in [1.29, 1.82) is 5.26 Å². The second-order valence-corrected chi connectivity index (χ2v) is 2.83. The van der Waals surface area contributed by atoms with E-state index in [1.54, 1.807) is 12.1 Å². The van der Waals surface area contributed by atoms with Crippen LogP contribution in [0.15, 0.2) is 12.1 Å². The molecular weight excluding hydrogens is 188 g/mol. The highest BCUT2D eigenvalue weighted by molar-refractivity contribution is 6.29. The van der Waals surface area contributed by atoms with Gasteiger partial charge in [-0.3, -0.25) is 0 Å². The molecule has 0 aliphatic rings. The first kappa shape index (κ1) is 9.62. The van der Waals surface area contributed by atoms with E-state index < -0.39 is 0 Å². The van der Waals surface area contributed by atoms with Crippen molar-refractivity contribution in [2.24, 2.45) is 0 Å². The Morgan fingerprint density at radius 3 is 3.00 bits per heavy atom. The molecule has 0 aliphatic heterocycles. The molecule has 0 amide bonds. The second kappa shape index (κ2) is 4.53. The quantitative estimate of drug-likeness (QED) is 0.569. The maximum absolute atomic E-state index is 8.29. The third-order valence-electron chi connectivity index (χ3n) is 1.36. The van der Waals surface area contributed by atoms with Crippen LogP contribution in [0.25, 0.3) is 0 Å². The first-order valence-corrected chi connectivity index (χ1v) is 4.14. The highest BCUT2D eigenvalue weighted by Gasteiger charge is 1.97. The summed E-state index contributed by atoms with van der Waals surface area (Å²) in [6, 6.07) is 5.25. The van der Waals surface area contributed by atoms with Crippen LogP contribution in [0.2, 0.25) is 5.15 Å². The van der Waals surface area contributed by atoms with Crippen LogP contribution in [0.4, 0.5) is 11.5 Å². The van der Waals surface area contributed by atoms with E-state index in [1.165, 1.54) is 0 Å². The van der Waals surface area contributed by atoms with Gasteiger partial charge in [0.15, 0.2) is 0 Å². The average molecular weight is 197 g/mol. The van der Waals surface area contributed by atoms with Gasteiger partial charge in [0.25, 0.3) is 0 Å². The molecule has 1 heterocycles. The van der Waals surface area contributed by atoms with Crippen molar-refractivity contribution in [3.63, 3.8) is 0 Å². The fourth-order valence-electron chi connectivity index (χ4n) is 0.854. The van der Waals surface area contributed by atoms with Crippen molar-refractivity contribution in [1.82, 2.24) is 4.98 Å². The molecule has 13 heavy (non-hydrogen) atoms. The number of anilines is 2. The molecule has 0 spiro atoms. The van der Waals surface area contributed by atoms with Gasteiger partial charge in [0.05, 0.1) is 12.5 Å². The normalized spacial score (nSPS) is 9.23. The molecule has 4 nitrogen and oxygen atoms in total. The lowest BCUT2D eigenvalue weighted by molar-refractivity contribution is 1.06. The van der Waals surface area contributed by atoms with Gasteiger partial charge in [-0.05, 0) is 6.07 Å². The van der Waals surface area contributed by atoms with E-state index in [0.29, 0.717) is 29.6 Å². The van der Waals surface area contributed by atoms with Crippen molar-refractivity contribution >= 4 is 23.1 Å². The minimum Gasteiger partial charge on any atom is -0.399 e. The summed E-state index contributed by atoms with van der Waals surface area (Å²) in [5, 5.41) is 11.6. The van der Waals surface area contributed by atoms with E-state index in [9.17, 15) is 0 Å². The SMILES string of the molecule is N#CCCNc1cc(N)cc(Cl)n1. The number of hydrogen-bond donors (Lipinski definition) is 2. The summed E-state index contributed by atoms with van der Waals surface area (Å²) in [7, 11) is 0. The molecule has 0 atom stereocenters. The molecule has 0 saturated heterocycles. The molecule has 3 N–H and O–H groups in total. The van der Waals surface area contributed by atoms with Crippen molar-refractivity contribution < 1.29 is 0 Å². The fraction of sp³-hybridized carbons (Fsp3) is 0.250. The Morgan fingerprint density at radius 2 is 2.38 bits per heavy atom. The van der Waals surface area contributed by atoms with Crippen molar-refractivity contribution in [2.45, 2.75) is 6.42 Å². The van der Waals surface area contributed by atoms with Gasteiger partial charge in [-0.1, -0.05) is 11.6 Å². The highest BCUT2D eigenvalue weighted by atomic mass is 35.5. The van der Waals surface area contributed by atoms with E-state index in [1.807, 2.05) is 6.07 Å². The van der Waals surface area contributed by atoms with Gasteiger partial charge < -0.3 is 11.1 Å². The topological polar surface area (TPSA) is 74.7 Å². The third kappa shape index (κ3) is 3.18. The largest absolute Gasteiger partial charge is 0.399 e. The van der Waals surface area contributed by atoms with Gasteiger partial charge in [0.1, 0.15) is 11.0 Å². The summed E-state index contributed by atoms with van der Waals surface area (Å²) < 4.78 is 0. The van der Waals surface area contributed by atoms with Crippen LogP contribution in [-0.2, 0) is 0 Å². The molecule has 5 heteroatoms. The minimum absolute atomic E-state index is 0.347. The van der Waals surface area contributed by atoms with Crippen molar-refractivity contribution in [3.8, 4) is 6.07 Å². The number of aromatic nitrogens is 1. The molecule has 0 saturated carbocycles. The molecule has 1 rings (SSSR count). The Balaban J connectivity index is 2.62. The molecular formula is C8H9ClN4. The maximum Gasteiger partial charge on any atom is 0.133 e. The summed E-state index contributed by atoms with van der Waals surface area (Å²) in [4.78, 5) is 3.97. The smallest absolute Gasteiger partial charge is 0.133 e.